The van der Waals surface area contributed by atoms with Crippen LogP contribution in [0.3, 0.4) is 0 Å². The highest BCUT2D eigenvalue weighted by molar-refractivity contribution is 6.11. The van der Waals surface area contributed by atoms with Crippen molar-refractivity contribution in [1.82, 2.24) is 4.57 Å². The van der Waals surface area contributed by atoms with Crippen molar-refractivity contribution < 1.29 is 0 Å². The molecule has 0 amide bonds. The van der Waals surface area contributed by atoms with E-state index in [4.69, 9.17) is 0 Å². The third-order valence-corrected chi connectivity index (χ3v) is 12.7. The molecule has 1 aromatic heterocycles. The highest BCUT2D eigenvalue weighted by atomic mass is 15.2. The smallest absolute Gasteiger partial charge is 0.0544 e. The van der Waals surface area contributed by atoms with E-state index < -0.39 is 0 Å². The van der Waals surface area contributed by atoms with Gasteiger partial charge in [0.25, 0.3) is 0 Å². The van der Waals surface area contributed by atoms with Crippen molar-refractivity contribution >= 4 is 50.3 Å². The van der Waals surface area contributed by atoms with E-state index in [1.54, 1.807) is 0 Å². The maximum absolute atomic E-state index is 2.55. The van der Waals surface area contributed by atoms with Crippen LogP contribution in [0.1, 0.15) is 74.9 Å². The molecule has 2 nitrogen and oxygen atoms in total. The SMILES string of the molecule is CC.CC.Cc1ccc2ccc3c(c4c(n3-c3ccccc3-c3ccccc3)C=C(N(c3ccc(C5=CC=C(c6ccccc6)CC5)cc3)c3ccccc3-c3ccccc3)CC4)c2c1. The van der Waals surface area contributed by atoms with Crippen molar-refractivity contribution in [1.29, 1.82) is 0 Å². The van der Waals surface area contributed by atoms with Crippen molar-refractivity contribution in [3.63, 3.8) is 0 Å². The fourth-order valence-corrected chi connectivity index (χ4v) is 9.76. The van der Waals surface area contributed by atoms with E-state index in [1.807, 2.05) is 27.7 Å². The molecule has 9 aromatic rings. The molecule has 2 aliphatic rings. The Morgan fingerprint density at radius 1 is 0.462 bits per heavy atom. The summed E-state index contributed by atoms with van der Waals surface area (Å²) in [6, 6.07) is 71.2. The van der Waals surface area contributed by atoms with Crippen LogP contribution >= 0.6 is 0 Å². The average Bonchev–Trinajstić information content (AvgIpc) is 3.73. The fourth-order valence-electron chi connectivity index (χ4n) is 9.76. The Labute approximate surface area is 386 Å². The van der Waals surface area contributed by atoms with Crippen LogP contribution in [0.5, 0.6) is 0 Å². The van der Waals surface area contributed by atoms with Crippen LogP contribution in [0, 0.1) is 6.92 Å². The van der Waals surface area contributed by atoms with E-state index >= 15 is 0 Å². The maximum atomic E-state index is 2.55. The number of hydrogen-bond acceptors (Lipinski definition) is 1. The van der Waals surface area contributed by atoms with Crippen LogP contribution in [0.25, 0.3) is 66.8 Å². The summed E-state index contributed by atoms with van der Waals surface area (Å²) in [7, 11) is 0. The number of nitrogens with zero attached hydrogens (tertiary/aromatic N) is 2. The number of aromatic nitrogens is 1. The third kappa shape index (κ3) is 8.41. The molecule has 0 saturated carbocycles. The van der Waals surface area contributed by atoms with Crippen LogP contribution < -0.4 is 4.90 Å². The monoisotopic (exact) mass is 842 g/mol. The summed E-state index contributed by atoms with van der Waals surface area (Å²) in [5.41, 5.74) is 20.2. The van der Waals surface area contributed by atoms with Gasteiger partial charge in [-0.25, -0.2) is 0 Å². The second-order valence-corrected chi connectivity index (χ2v) is 16.4. The molecule has 0 unspecified atom stereocenters. The van der Waals surface area contributed by atoms with Gasteiger partial charge in [-0.15, -0.1) is 0 Å². The Hall–Kier alpha value is -7.42. The number of aryl methyl sites for hydroxylation is 2. The Balaban J connectivity index is 0.00000130. The van der Waals surface area contributed by atoms with Gasteiger partial charge in [-0.2, -0.15) is 0 Å². The molecule has 11 rings (SSSR count). The van der Waals surface area contributed by atoms with E-state index in [9.17, 15) is 0 Å². The van der Waals surface area contributed by atoms with E-state index in [1.165, 1.54) is 100 Å². The molecule has 320 valence electrons. The second kappa shape index (κ2) is 19.5. The summed E-state index contributed by atoms with van der Waals surface area (Å²) < 4.78 is 2.55. The van der Waals surface area contributed by atoms with Crippen molar-refractivity contribution in [3.05, 3.63) is 240 Å². The normalized spacial score (nSPS) is 13.0. The molecule has 0 bridgehead atoms. The van der Waals surface area contributed by atoms with Crippen molar-refractivity contribution in [2.75, 3.05) is 4.90 Å². The predicted molar refractivity (Wildman–Crippen MR) is 282 cm³/mol. The van der Waals surface area contributed by atoms with Crippen molar-refractivity contribution in [2.45, 2.75) is 60.3 Å². The van der Waals surface area contributed by atoms with Gasteiger partial charge in [0.05, 0.1) is 22.6 Å². The first-order valence-electron chi connectivity index (χ1n) is 23.6. The molecule has 65 heavy (non-hydrogen) atoms. The van der Waals surface area contributed by atoms with Gasteiger partial charge >= 0.3 is 0 Å². The molecule has 2 heteroatoms. The molecule has 0 atom stereocenters. The first-order chi connectivity index (χ1) is 32.2. The number of rotatable bonds is 8. The maximum Gasteiger partial charge on any atom is 0.0544 e. The van der Waals surface area contributed by atoms with Gasteiger partial charge in [-0.3, -0.25) is 0 Å². The summed E-state index contributed by atoms with van der Waals surface area (Å²) >= 11 is 0. The molecule has 0 aliphatic heterocycles. The van der Waals surface area contributed by atoms with Crippen LogP contribution in [-0.4, -0.2) is 4.57 Å². The van der Waals surface area contributed by atoms with E-state index in [0.717, 1.165) is 31.4 Å². The Kier molecular flexibility index (Phi) is 12.9. The molecular weight excluding hydrogens is 785 g/mol. The summed E-state index contributed by atoms with van der Waals surface area (Å²) in [6.45, 7) is 10.2. The van der Waals surface area contributed by atoms with Gasteiger partial charge in [0.1, 0.15) is 0 Å². The van der Waals surface area contributed by atoms with Gasteiger partial charge in [0.2, 0.25) is 0 Å². The molecule has 8 aromatic carbocycles. The summed E-state index contributed by atoms with van der Waals surface area (Å²) in [5.74, 6) is 0. The second-order valence-electron chi connectivity index (χ2n) is 16.4. The molecule has 1 heterocycles. The lowest BCUT2D eigenvalue weighted by atomic mass is 9.90. The molecule has 0 saturated heterocycles. The van der Waals surface area contributed by atoms with Crippen molar-refractivity contribution in [3.8, 4) is 27.9 Å². The Morgan fingerprint density at radius 2 is 1.00 bits per heavy atom. The zero-order valence-electron chi connectivity index (χ0n) is 38.4. The number of allylic oxidation sites excluding steroid dienone is 5. The first-order valence-corrected chi connectivity index (χ1v) is 23.6. The number of hydrogen-bond donors (Lipinski definition) is 0. The van der Waals surface area contributed by atoms with Gasteiger partial charge in [-0.1, -0.05) is 209 Å². The number of para-hydroxylation sites is 2. The zero-order chi connectivity index (χ0) is 44.7. The third-order valence-electron chi connectivity index (χ3n) is 12.7. The fraction of sp³-hybridized carbons (Fsp3) is 0.143. The minimum absolute atomic E-state index is 0.901. The van der Waals surface area contributed by atoms with Crippen LogP contribution in [0.15, 0.2) is 212 Å². The van der Waals surface area contributed by atoms with Crippen molar-refractivity contribution in [2.24, 2.45) is 0 Å². The average molecular weight is 843 g/mol. The Bertz CT molecular complexity index is 3160. The number of benzene rings is 8. The molecule has 0 radical (unpaired) electrons. The molecule has 0 fully saturated rings. The standard InChI is InChI=1S/C59H46N2.2C2H6/c1-41-25-26-48-33-38-57-59(54(48)39-41)53-37-36-50(40-58(53)61(57)56-24-14-12-22-52(56)47-19-9-4-10-20-47)60(55-23-13-11-21-51(55)46-17-7-3-8-18-46)49-34-31-45(32-35-49)44-29-27-43(28-30-44)42-15-5-2-6-16-42;2*1-2/h2-27,29,31-35,38-40H,28,30,36-37H2,1H3;2*1-2H3. The highest BCUT2D eigenvalue weighted by Gasteiger charge is 2.28. The first kappa shape index (κ1) is 42.9. The lowest BCUT2D eigenvalue weighted by Gasteiger charge is -2.32. The topological polar surface area (TPSA) is 8.17 Å². The summed E-state index contributed by atoms with van der Waals surface area (Å²) in [4.78, 5) is 2.53. The molecule has 2 aliphatic carbocycles. The van der Waals surface area contributed by atoms with E-state index in [-0.39, 0.29) is 0 Å². The lowest BCUT2D eigenvalue weighted by Crippen LogP contribution is -2.20. The van der Waals surface area contributed by atoms with E-state index in [0.29, 0.717) is 0 Å². The molecule has 0 spiro atoms. The molecule has 0 N–H and O–H groups in total. The van der Waals surface area contributed by atoms with Gasteiger partial charge in [0.15, 0.2) is 0 Å². The summed E-state index contributed by atoms with van der Waals surface area (Å²) in [5, 5.41) is 3.97. The number of fused-ring (bicyclic) bond motifs is 5. The largest absolute Gasteiger partial charge is 0.314 e. The minimum Gasteiger partial charge on any atom is -0.314 e. The zero-order valence-corrected chi connectivity index (χ0v) is 38.4. The predicted octanol–water partition coefficient (Wildman–Crippen LogP) is 17.9. The van der Waals surface area contributed by atoms with Crippen LogP contribution in [0.2, 0.25) is 0 Å². The summed E-state index contributed by atoms with van der Waals surface area (Å²) in [6.07, 6.45) is 11.0. The minimum atomic E-state index is 0.901. The molecular formula is C63H58N2. The quantitative estimate of drug-likeness (QED) is 0.148. The van der Waals surface area contributed by atoms with Crippen LogP contribution in [0.4, 0.5) is 11.4 Å². The van der Waals surface area contributed by atoms with Gasteiger partial charge in [-0.05, 0) is 119 Å². The van der Waals surface area contributed by atoms with Gasteiger partial charge in [0, 0.05) is 27.9 Å². The van der Waals surface area contributed by atoms with E-state index in [2.05, 4.69) is 229 Å². The highest BCUT2D eigenvalue weighted by Crippen LogP contribution is 2.46. The van der Waals surface area contributed by atoms with Gasteiger partial charge < -0.3 is 9.47 Å². The number of anilines is 2. The van der Waals surface area contributed by atoms with Crippen LogP contribution in [-0.2, 0) is 6.42 Å². The Morgan fingerprint density at radius 3 is 1.65 bits per heavy atom. The lowest BCUT2D eigenvalue weighted by molar-refractivity contribution is 0.887.